The van der Waals surface area contributed by atoms with Crippen LogP contribution in [0.4, 0.5) is 0 Å². The molecule has 15 heavy (non-hydrogen) atoms. The highest BCUT2D eigenvalue weighted by molar-refractivity contribution is 5.87. The Morgan fingerprint density at radius 2 is 2.40 bits per heavy atom. The van der Waals surface area contributed by atoms with Gasteiger partial charge >= 0.3 is 5.97 Å². The van der Waals surface area contributed by atoms with Gasteiger partial charge in [0.15, 0.2) is 0 Å². The minimum absolute atomic E-state index is 0.177. The molecule has 1 fully saturated rings. The first kappa shape index (κ1) is 10.2. The fourth-order valence-electron chi connectivity index (χ4n) is 1.40. The summed E-state index contributed by atoms with van der Waals surface area (Å²) in [5.74, 6) is 0.461. The van der Waals surface area contributed by atoms with E-state index in [4.69, 9.17) is 14.3 Å². The number of hydrogen-bond donors (Lipinski definition) is 1. The predicted molar refractivity (Wildman–Crippen MR) is 52.7 cm³/mol. The van der Waals surface area contributed by atoms with E-state index >= 15 is 0 Å². The van der Waals surface area contributed by atoms with E-state index in [1.807, 2.05) is 0 Å². The van der Waals surface area contributed by atoms with Gasteiger partial charge in [-0.15, -0.1) is 0 Å². The van der Waals surface area contributed by atoms with E-state index < -0.39 is 5.97 Å². The number of carboxylic acids is 1. The highest BCUT2D eigenvalue weighted by Crippen LogP contribution is 2.32. The third kappa shape index (κ3) is 3.09. The van der Waals surface area contributed by atoms with Gasteiger partial charge in [-0.05, 0) is 18.4 Å². The fourth-order valence-corrected chi connectivity index (χ4v) is 1.40. The van der Waals surface area contributed by atoms with Crippen molar-refractivity contribution in [1.29, 1.82) is 0 Å². The highest BCUT2D eigenvalue weighted by atomic mass is 16.5. The van der Waals surface area contributed by atoms with Gasteiger partial charge in [-0.1, -0.05) is 12.8 Å². The molecule has 1 saturated carbocycles. The molecule has 1 N–H and O–H groups in total. The molecule has 0 spiro atoms. The van der Waals surface area contributed by atoms with Crippen LogP contribution in [0.15, 0.2) is 16.7 Å². The van der Waals surface area contributed by atoms with Crippen molar-refractivity contribution >= 4 is 5.97 Å². The molecule has 0 atom stereocenters. The lowest BCUT2D eigenvalue weighted by Gasteiger charge is -1.99. The molecule has 0 saturated heterocycles. The molecule has 1 aliphatic rings. The number of furan rings is 1. The average molecular weight is 210 g/mol. The number of carboxylic acid groups (broad SMARTS) is 1. The van der Waals surface area contributed by atoms with Crippen LogP contribution in [0.1, 0.15) is 35.4 Å². The van der Waals surface area contributed by atoms with E-state index in [2.05, 4.69) is 0 Å². The Hall–Kier alpha value is -1.29. The Bertz CT molecular complexity index is 338. The molecule has 0 radical (unpaired) electrons. The standard InChI is InChI=1S/C11H14O4/c12-11(13)9-5-10(15-6-9)7-14-4-3-8-1-2-8/h5-6,8H,1-4,7H2,(H,12,13). The molecule has 1 heterocycles. The van der Waals surface area contributed by atoms with Crippen LogP contribution in [0.5, 0.6) is 0 Å². The van der Waals surface area contributed by atoms with E-state index in [-0.39, 0.29) is 5.56 Å². The summed E-state index contributed by atoms with van der Waals surface area (Å²) in [7, 11) is 0. The fraction of sp³-hybridized carbons (Fsp3) is 0.545. The van der Waals surface area contributed by atoms with E-state index in [1.165, 1.54) is 25.2 Å². The van der Waals surface area contributed by atoms with Gasteiger partial charge in [0.1, 0.15) is 18.6 Å². The molecule has 0 amide bonds. The topological polar surface area (TPSA) is 59.7 Å². The summed E-state index contributed by atoms with van der Waals surface area (Å²) >= 11 is 0. The maximum absolute atomic E-state index is 10.5. The van der Waals surface area contributed by atoms with Crippen molar-refractivity contribution in [1.82, 2.24) is 0 Å². The van der Waals surface area contributed by atoms with Crippen molar-refractivity contribution in [3.8, 4) is 0 Å². The molecule has 4 heteroatoms. The van der Waals surface area contributed by atoms with Crippen LogP contribution in [0.3, 0.4) is 0 Å². The normalized spacial score (nSPS) is 15.5. The van der Waals surface area contributed by atoms with Gasteiger partial charge in [0.2, 0.25) is 0 Å². The molecule has 0 unspecified atom stereocenters. The monoisotopic (exact) mass is 210 g/mol. The van der Waals surface area contributed by atoms with Gasteiger partial charge in [0.05, 0.1) is 5.56 Å². The highest BCUT2D eigenvalue weighted by Gasteiger charge is 2.20. The van der Waals surface area contributed by atoms with Gasteiger partial charge in [0, 0.05) is 6.61 Å². The Balaban J connectivity index is 1.70. The minimum Gasteiger partial charge on any atom is -0.478 e. The minimum atomic E-state index is -0.969. The average Bonchev–Trinajstić information content (AvgIpc) is 2.90. The molecule has 4 nitrogen and oxygen atoms in total. The summed E-state index contributed by atoms with van der Waals surface area (Å²) in [4.78, 5) is 10.5. The van der Waals surface area contributed by atoms with Gasteiger partial charge < -0.3 is 14.3 Å². The summed E-state index contributed by atoms with van der Waals surface area (Å²) in [6, 6.07) is 1.50. The molecule has 0 aromatic carbocycles. The first-order valence-corrected chi connectivity index (χ1v) is 5.14. The first-order valence-electron chi connectivity index (χ1n) is 5.14. The summed E-state index contributed by atoms with van der Waals surface area (Å²) in [6.45, 7) is 1.09. The van der Waals surface area contributed by atoms with Crippen LogP contribution in [-0.2, 0) is 11.3 Å². The van der Waals surface area contributed by atoms with Crippen molar-refractivity contribution in [2.24, 2.45) is 5.92 Å². The molecule has 1 aromatic heterocycles. The van der Waals surface area contributed by atoms with Crippen LogP contribution in [0.25, 0.3) is 0 Å². The van der Waals surface area contributed by atoms with Gasteiger partial charge in [-0.3, -0.25) is 0 Å². The number of ether oxygens (including phenoxy) is 1. The second-order valence-electron chi connectivity index (χ2n) is 3.89. The van der Waals surface area contributed by atoms with Crippen LogP contribution >= 0.6 is 0 Å². The zero-order chi connectivity index (χ0) is 10.7. The van der Waals surface area contributed by atoms with Gasteiger partial charge in [-0.2, -0.15) is 0 Å². The Morgan fingerprint density at radius 1 is 1.60 bits per heavy atom. The van der Waals surface area contributed by atoms with Crippen molar-refractivity contribution in [3.05, 3.63) is 23.7 Å². The lowest BCUT2D eigenvalue weighted by Crippen LogP contribution is -1.96. The first-order chi connectivity index (χ1) is 7.25. The molecular weight excluding hydrogens is 196 g/mol. The van der Waals surface area contributed by atoms with Crippen molar-refractivity contribution in [2.75, 3.05) is 6.61 Å². The quantitative estimate of drug-likeness (QED) is 0.732. The molecule has 1 aliphatic carbocycles. The van der Waals surface area contributed by atoms with E-state index in [0.717, 1.165) is 18.9 Å². The number of rotatable bonds is 6. The molecule has 0 bridgehead atoms. The Labute approximate surface area is 87.8 Å². The molecule has 82 valence electrons. The predicted octanol–water partition coefficient (Wildman–Crippen LogP) is 2.29. The molecule has 2 rings (SSSR count). The summed E-state index contributed by atoms with van der Waals surface area (Å²) in [6.07, 6.45) is 5.00. The second-order valence-corrected chi connectivity index (χ2v) is 3.89. The van der Waals surface area contributed by atoms with E-state index in [1.54, 1.807) is 0 Å². The smallest absolute Gasteiger partial charge is 0.338 e. The van der Waals surface area contributed by atoms with Crippen molar-refractivity contribution < 1.29 is 19.1 Å². The lowest BCUT2D eigenvalue weighted by molar-refractivity contribution is 0.0696. The SMILES string of the molecule is O=C(O)c1coc(COCCC2CC2)c1. The third-order valence-corrected chi connectivity index (χ3v) is 2.51. The maximum atomic E-state index is 10.5. The van der Waals surface area contributed by atoms with Crippen LogP contribution in [-0.4, -0.2) is 17.7 Å². The van der Waals surface area contributed by atoms with Gasteiger partial charge in [0.25, 0.3) is 0 Å². The summed E-state index contributed by atoms with van der Waals surface area (Å²) in [5.41, 5.74) is 0.177. The summed E-state index contributed by atoms with van der Waals surface area (Å²) in [5, 5.41) is 8.65. The Morgan fingerprint density at radius 3 is 3.00 bits per heavy atom. The van der Waals surface area contributed by atoms with Crippen LogP contribution in [0.2, 0.25) is 0 Å². The van der Waals surface area contributed by atoms with Crippen LogP contribution in [0, 0.1) is 5.92 Å². The number of hydrogen-bond acceptors (Lipinski definition) is 3. The molecular formula is C11H14O4. The van der Waals surface area contributed by atoms with Gasteiger partial charge in [-0.25, -0.2) is 4.79 Å². The van der Waals surface area contributed by atoms with E-state index in [9.17, 15) is 4.79 Å². The Kier molecular flexibility index (Phi) is 3.06. The number of carbonyl (C=O) groups is 1. The van der Waals surface area contributed by atoms with E-state index in [0.29, 0.717) is 12.4 Å². The zero-order valence-corrected chi connectivity index (χ0v) is 8.44. The van der Waals surface area contributed by atoms with Crippen LogP contribution < -0.4 is 0 Å². The lowest BCUT2D eigenvalue weighted by atomic mass is 10.3. The van der Waals surface area contributed by atoms with Crippen molar-refractivity contribution in [3.63, 3.8) is 0 Å². The summed E-state index contributed by atoms with van der Waals surface area (Å²) < 4.78 is 10.4. The molecule has 1 aromatic rings. The molecule has 0 aliphatic heterocycles. The number of aromatic carboxylic acids is 1. The maximum Gasteiger partial charge on any atom is 0.338 e. The second kappa shape index (κ2) is 4.49. The largest absolute Gasteiger partial charge is 0.478 e. The third-order valence-electron chi connectivity index (χ3n) is 2.51. The van der Waals surface area contributed by atoms with Crippen molar-refractivity contribution in [2.45, 2.75) is 25.9 Å². The zero-order valence-electron chi connectivity index (χ0n) is 8.44.